The van der Waals surface area contributed by atoms with Crippen molar-refractivity contribution in [2.45, 2.75) is 56.8 Å². The maximum atomic E-state index is 12.6. The van der Waals surface area contributed by atoms with Crippen molar-refractivity contribution in [3.8, 4) is 0 Å². The molecule has 0 aromatic heterocycles. The number of benzene rings is 1. The number of hydrogen-bond donors (Lipinski definition) is 1. The summed E-state index contributed by atoms with van der Waals surface area (Å²) in [6.45, 7) is 3.26. The lowest BCUT2D eigenvalue weighted by atomic mass is 9.80. The van der Waals surface area contributed by atoms with Gasteiger partial charge >= 0.3 is 5.97 Å². The van der Waals surface area contributed by atoms with E-state index in [9.17, 15) is 18.0 Å². The predicted octanol–water partition coefficient (Wildman–Crippen LogP) is 3.19. The molecule has 1 amide bonds. The van der Waals surface area contributed by atoms with Crippen molar-refractivity contribution in [1.82, 2.24) is 4.31 Å². The van der Waals surface area contributed by atoms with Crippen molar-refractivity contribution in [3.63, 3.8) is 0 Å². The molecule has 2 aliphatic rings. The second kappa shape index (κ2) is 11.8. The molecular formula is C23H34N2O6S. The Balaban J connectivity index is 1.42. The standard InChI is InChI=1S/C23H34N2O6S/c1-2-3-4-18-5-7-19(8-6-18)23(27)31-17-22(26)24-20-9-11-21(12-10-20)32(28,29)25-13-15-30-16-14-25/h9-12,18-19H,2-8,13-17H2,1H3,(H,24,26). The number of nitrogens with one attached hydrogen (secondary N) is 1. The van der Waals surface area contributed by atoms with Gasteiger partial charge in [-0.25, -0.2) is 8.42 Å². The SMILES string of the molecule is CCCCC1CCC(C(=O)OCC(=O)Nc2ccc(S(=O)(=O)N3CCOCC3)cc2)CC1. The lowest BCUT2D eigenvalue weighted by Gasteiger charge is -2.27. The molecule has 0 bridgehead atoms. The van der Waals surface area contributed by atoms with Crippen LogP contribution in [0.25, 0.3) is 0 Å². The Labute approximate surface area is 190 Å². The molecule has 1 aromatic carbocycles. The average molecular weight is 467 g/mol. The lowest BCUT2D eigenvalue weighted by Crippen LogP contribution is -2.40. The molecule has 0 atom stereocenters. The number of anilines is 1. The summed E-state index contributed by atoms with van der Waals surface area (Å²) in [5.74, 6) is -0.164. The molecule has 8 nitrogen and oxygen atoms in total. The van der Waals surface area contributed by atoms with E-state index in [1.807, 2.05) is 0 Å². The summed E-state index contributed by atoms with van der Waals surface area (Å²) in [4.78, 5) is 24.6. The van der Waals surface area contributed by atoms with Gasteiger partial charge < -0.3 is 14.8 Å². The molecule has 1 aromatic rings. The summed E-state index contributed by atoms with van der Waals surface area (Å²) in [5, 5.41) is 2.64. The molecule has 1 saturated heterocycles. The number of unbranched alkanes of at least 4 members (excludes halogenated alkanes) is 1. The number of ether oxygens (including phenoxy) is 2. The van der Waals surface area contributed by atoms with Crippen molar-refractivity contribution in [2.24, 2.45) is 11.8 Å². The van der Waals surface area contributed by atoms with Crippen molar-refractivity contribution < 1.29 is 27.5 Å². The first kappa shape index (κ1) is 24.7. The molecule has 178 valence electrons. The zero-order valence-corrected chi connectivity index (χ0v) is 19.6. The van der Waals surface area contributed by atoms with Crippen LogP contribution in [0.15, 0.2) is 29.2 Å². The molecule has 3 rings (SSSR count). The number of rotatable bonds is 9. The first-order valence-electron chi connectivity index (χ1n) is 11.5. The van der Waals surface area contributed by atoms with E-state index in [4.69, 9.17) is 9.47 Å². The Hall–Kier alpha value is -1.97. The minimum absolute atomic E-state index is 0.120. The molecule has 1 N–H and O–H groups in total. The van der Waals surface area contributed by atoms with Crippen molar-refractivity contribution in [2.75, 3.05) is 38.2 Å². The quantitative estimate of drug-likeness (QED) is 0.561. The van der Waals surface area contributed by atoms with Crippen LogP contribution in [-0.2, 0) is 29.1 Å². The maximum Gasteiger partial charge on any atom is 0.309 e. The maximum absolute atomic E-state index is 12.6. The van der Waals surface area contributed by atoms with Gasteiger partial charge in [-0.3, -0.25) is 9.59 Å². The summed E-state index contributed by atoms with van der Waals surface area (Å²) in [6.07, 6.45) is 7.41. The van der Waals surface area contributed by atoms with Gasteiger partial charge in [0.2, 0.25) is 10.0 Å². The number of sulfonamides is 1. The van der Waals surface area contributed by atoms with Gasteiger partial charge in [0, 0.05) is 18.8 Å². The van der Waals surface area contributed by atoms with Crippen molar-refractivity contribution in [3.05, 3.63) is 24.3 Å². The van der Waals surface area contributed by atoms with Crippen LogP contribution < -0.4 is 5.32 Å². The molecule has 32 heavy (non-hydrogen) atoms. The minimum Gasteiger partial charge on any atom is -0.455 e. The number of amides is 1. The van der Waals surface area contributed by atoms with Crippen LogP contribution in [0.5, 0.6) is 0 Å². The minimum atomic E-state index is -3.58. The van der Waals surface area contributed by atoms with Gasteiger partial charge in [-0.1, -0.05) is 26.2 Å². The highest BCUT2D eigenvalue weighted by Gasteiger charge is 2.28. The van der Waals surface area contributed by atoms with Crippen LogP contribution >= 0.6 is 0 Å². The zero-order valence-electron chi connectivity index (χ0n) is 18.8. The van der Waals surface area contributed by atoms with Gasteiger partial charge in [0.05, 0.1) is 24.0 Å². The largest absolute Gasteiger partial charge is 0.455 e. The predicted molar refractivity (Wildman–Crippen MR) is 121 cm³/mol. The van der Waals surface area contributed by atoms with E-state index >= 15 is 0 Å². The van der Waals surface area contributed by atoms with Gasteiger partial charge in [-0.2, -0.15) is 4.31 Å². The van der Waals surface area contributed by atoms with Gasteiger partial charge in [0.1, 0.15) is 0 Å². The third-order valence-electron chi connectivity index (χ3n) is 6.24. The summed E-state index contributed by atoms with van der Waals surface area (Å²) >= 11 is 0. The van der Waals surface area contributed by atoms with Crippen molar-refractivity contribution in [1.29, 1.82) is 0 Å². The lowest BCUT2D eigenvalue weighted by molar-refractivity contribution is -0.152. The van der Waals surface area contributed by atoms with Crippen LogP contribution in [0.2, 0.25) is 0 Å². The van der Waals surface area contributed by atoms with Gasteiger partial charge in [0.15, 0.2) is 6.61 Å². The van der Waals surface area contributed by atoms with Crippen LogP contribution in [0, 0.1) is 11.8 Å². The number of carbonyl (C=O) groups is 2. The molecule has 1 aliphatic carbocycles. The Morgan fingerprint density at radius 3 is 2.38 bits per heavy atom. The first-order chi connectivity index (χ1) is 15.4. The molecular weight excluding hydrogens is 432 g/mol. The van der Waals surface area contributed by atoms with Crippen LogP contribution in [0.4, 0.5) is 5.69 Å². The highest BCUT2D eigenvalue weighted by Crippen LogP contribution is 2.32. The van der Waals surface area contributed by atoms with Gasteiger partial charge in [-0.15, -0.1) is 0 Å². The molecule has 0 spiro atoms. The van der Waals surface area contributed by atoms with Gasteiger partial charge in [-0.05, 0) is 55.9 Å². The molecule has 1 heterocycles. The van der Waals surface area contributed by atoms with Crippen molar-refractivity contribution >= 4 is 27.6 Å². The van der Waals surface area contributed by atoms with E-state index in [1.165, 1.54) is 47.8 Å². The van der Waals surface area contributed by atoms with E-state index in [-0.39, 0.29) is 23.4 Å². The number of morpholine rings is 1. The van der Waals surface area contributed by atoms with E-state index in [1.54, 1.807) is 0 Å². The third kappa shape index (κ3) is 6.76. The Kier molecular flexibility index (Phi) is 9.07. The van der Waals surface area contributed by atoms with Crippen LogP contribution in [0.1, 0.15) is 51.9 Å². The fraction of sp³-hybridized carbons (Fsp3) is 0.652. The monoisotopic (exact) mass is 466 g/mol. The van der Waals surface area contributed by atoms with E-state index in [2.05, 4.69) is 12.2 Å². The fourth-order valence-corrected chi connectivity index (χ4v) is 5.69. The smallest absolute Gasteiger partial charge is 0.309 e. The number of esters is 1. The average Bonchev–Trinajstić information content (AvgIpc) is 2.82. The third-order valence-corrected chi connectivity index (χ3v) is 8.15. The highest BCUT2D eigenvalue weighted by molar-refractivity contribution is 7.89. The van der Waals surface area contributed by atoms with E-state index in [0.717, 1.165) is 25.7 Å². The summed E-state index contributed by atoms with van der Waals surface area (Å²) in [5.41, 5.74) is 0.448. The second-order valence-electron chi connectivity index (χ2n) is 8.56. The van der Waals surface area contributed by atoms with Crippen LogP contribution in [0.3, 0.4) is 0 Å². The van der Waals surface area contributed by atoms with Gasteiger partial charge in [0.25, 0.3) is 5.91 Å². The Morgan fingerprint density at radius 2 is 1.75 bits per heavy atom. The fourth-order valence-electron chi connectivity index (χ4n) is 4.28. The number of hydrogen-bond acceptors (Lipinski definition) is 6. The van der Waals surface area contributed by atoms with Crippen LogP contribution in [-0.4, -0.2) is 57.5 Å². The van der Waals surface area contributed by atoms with E-state index < -0.39 is 15.9 Å². The summed E-state index contributed by atoms with van der Waals surface area (Å²) in [6, 6.07) is 5.99. The molecule has 1 saturated carbocycles. The molecule has 9 heteroatoms. The number of carbonyl (C=O) groups excluding carboxylic acids is 2. The Bertz CT molecular complexity index is 857. The molecule has 1 aliphatic heterocycles. The number of nitrogens with zero attached hydrogens (tertiary/aromatic N) is 1. The second-order valence-corrected chi connectivity index (χ2v) is 10.5. The Morgan fingerprint density at radius 1 is 1.09 bits per heavy atom. The summed E-state index contributed by atoms with van der Waals surface area (Å²) < 4.78 is 37.1. The highest BCUT2D eigenvalue weighted by atomic mass is 32.2. The molecule has 0 unspecified atom stereocenters. The first-order valence-corrected chi connectivity index (χ1v) is 13.0. The molecule has 2 fully saturated rings. The summed E-state index contributed by atoms with van der Waals surface area (Å²) in [7, 11) is -3.58. The molecule has 0 radical (unpaired) electrons. The van der Waals surface area contributed by atoms with E-state index in [0.29, 0.717) is 37.9 Å². The topological polar surface area (TPSA) is 102 Å². The normalized spacial score (nSPS) is 22.3. The zero-order chi connectivity index (χ0) is 23.0.